The van der Waals surface area contributed by atoms with E-state index in [2.05, 4.69) is 13.2 Å². The van der Waals surface area contributed by atoms with E-state index in [-0.39, 0.29) is 24.3 Å². The zero-order chi connectivity index (χ0) is 35.5. The lowest BCUT2D eigenvalue weighted by Gasteiger charge is -2.05. The van der Waals surface area contributed by atoms with Gasteiger partial charge in [0.15, 0.2) is 0 Å². The SMILES string of the molecule is C=CCN.C=CCN.O=S(=O)(O)CCCCCCCCCCCC(F)(F)F.O=S(=O)(O)CCCCCCCCCCCC(F)F. The Kier molecular flexibility index (Phi) is 40.3. The van der Waals surface area contributed by atoms with Crippen molar-refractivity contribution in [3.8, 4) is 0 Å². The van der Waals surface area contributed by atoms with Crippen molar-refractivity contribution in [3.63, 3.8) is 0 Å². The fourth-order valence-electron chi connectivity index (χ4n) is 3.67. The number of nitrogens with two attached hydrogens (primary N) is 2. The van der Waals surface area contributed by atoms with Crippen LogP contribution in [0.25, 0.3) is 0 Å². The Bertz CT molecular complexity index is 836. The molecule has 0 bridgehead atoms. The van der Waals surface area contributed by atoms with Gasteiger partial charge < -0.3 is 11.5 Å². The molecule has 0 aliphatic heterocycles. The monoisotopic (exact) mass is 704 g/mol. The van der Waals surface area contributed by atoms with Crippen molar-refractivity contribution >= 4 is 20.2 Å². The van der Waals surface area contributed by atoms with Gasteiger partial charge in [-0.2, -0.15) is 30.0 Å². The topological polar surface area (TPSA) is 161 Å². The lowest BCUT2D eigenvalue weighted by atomic mass is 10.1. The van der Waals surface area contributed by atoms with Crippen molar-refractivity contribution < 1.29 is 47.9 Å². The van der Waals surface area contributed by atoms with Crippen molar-refractivity contribution in [2.45, 2.75) is 141 Å². The standard InChI is InChI=1S/C12H23F3O3S.C12H24F2O3S.2C3H7N/c13-12(14,15)10-8-6-4-2-1-3-5-7-9-11-19(16,17)18;13-12(14)10-8-6-4-2-1-3-5-7-9-11-18(15,16)17;2*1-2-3-4/h1-11H2,(H,16,17,18);12H,1-11H2,(H,15,16,17);2*2H,1,3-4H2. The van der Waals surface area contributed by atoms with Gasteiger partial charge in [0.05, 0.1) is 11.5 Å². The van der Waals surface area contributed by atoms with Crippen LogP contribution in [-0.4, -0.2) is 63.1 Å². The van der Waals surface area contributed by atoms with Crippen molar-refractivity contribution in [1.29, 1.82) is 0 Å². The van der Waals surface area contributed by atoms with Crippen LogP contribution < -0.4 is 11.5 Å². The summed E-state index contributed by atoms with van der Waals surface area (Å²) in [6.45, 7) is 7.87. The maximum Gasteiger partial charge on any atom is 0.389 e. The second-order valence-electron chi connectivity index (χ2n) is 10.5. The number of hydrogen-bond acceptors (Lipinski definition) is 6. The highest BCUT2D eigenvalue weighted by Crippen LogP contribution is 2.23. The van der Waals surface area contributed by atoms with Gasteiger partial charge in [-0.05, 0) is 25.7 Å². The first kappa shape index (κ1) is 50.7. The van der Waals surface area contributed by atoms with Crippen LogP contribution in [0.3, 0.4) is 0 Å². The summed E-state index contributed by atoms with van der Waals surface area (Å²) in [5, 5.41) is 0. The summed E-state index contributed by atoms with van der Waals surface area (Å²) in [4.78, 5) is 0. The van der Waals surface area contributed by atoms with Gasteiger partial charge >= 0.3 is 6.18 Å². The minimum atomic E-state index is -4.03. The van der Waals surface area contributed by atoms with Crippen molar-refractivity contribution in [1.82, 2.24) is 0 Å². The third-order valence-corrected chi connectivity index (χ3v) is 7.63. The van der Waals surface area contributed by atoms with Crippen LogP contribution in [-0.2, 0) is 20.2 Å². The van der Waals surface area contributed by atoms with Crippen LogP contribution >= 0.6 is 0 Å². The van der Waals surface area contributed by atoms with E-state index in [0.29, 0.717) is 38.8 Å². The predicted molar refractivity (Wildman–Crippen MR) is 176 cm³/mol. The third kappa shape index (κ3) is 70.5. The van der Waals surface area contributed by atoms with E-state index in [1.807, 2.05) is 0 Å². The minimum absolute atomic E-state index is 0.00956. The molecule has 0 spiro atoms. The van der Waals surface area contributed by atoms with Gasteiger partial charge in [0.2, 0.25) is 6.43 Å². The van der Waals surface area contributed by atoms with Crippen molar-refractivity contribution in [3.05, 3.63) is 25.3 Å². The van der Waals surface area contributed by atoms with E-state index in [0.717, 1.165) is 83.5 Å². The molecule has 274 valence electrons. The molecule has 0 aliphatic rings. The summed E-state index contributed by atoms with van der Waals surface area (Å²) in [6.07, 6.45) is 11.0. The van der Waals surface area contributed by atoms with Crippen LogP contribution in [0.1, 0.15) is 128 Å². The van der Waals surface area contributed by atoms with E-state index in [9.17, 15) is 38.8 Å². The molecule has 6 N–H and O–H groups in total. The van der Waals surface area contributed by atoms with Gasteiger partial charge in [-0.25, -0.2) is 8.78 Å². The van der Waals surface area contributed by atoms with Gasteiger partial charge in [0, 0.05) is 25.9 Å². The third-order valence-electron chi connectivity index (χ3n) is 6.02. The highest BCUT2D eigenvalue weighted by atomic mass is 32.2. The summed E-state index contributed by atoms with van der Waals surface area (Å²) in [7, 11) is -7.64. The van der Waals surface area contributed by atoms with Gasteiger partial charge in [0.25, 0.3) is 20.2 Å². The molecule has 45 heavy (non-hydrogen) atoms. The molecule has 0 atom stereocenters. The fourth-order valence-corrected chi connectivity index (χ4v) is 4.81. The summed E-state index contributed by atoms with van der Waals surface area (Å²) >= 11 is 0. The molecule has 0 heterocycles. The van der Waals surface area contributed by atoms with Crippen molar-refractivity contribution in [2.75, 3.05) is 24.6 Å². The van der Waals surface area contributed by atoms with E-state index in [1.165, 1.54) is 0 Å². The lowest BCUT2D eigenvalue weighted by Crippen LogP contribution is -2.06. The quantitative estimate of drug-likeness (QED) is 0.0318. The van der Waals surface area contributed by atoms with Gasteiger partial charge in [0.1, 0.15) is 0 Å². The normalized spacial score (nSPS) is 11.4. The first-order chi connectivity index (χ1) is 21.0. The summed E-state index contributed by atoms with van der Waals surface area (Å²) < 4.78 is 118. The average molecular weight is 705 g/mol. The molecule has 0 fully saturated rings. The molecular weight excluding hydrogens is 643 g/mol. The average Bonchev–Trinajstić information content (AvgIpc) is 2.93. The van der Waals surface area contributed by atoms with Crippen molar-refractivity contribution in [2.24, 2.45) is 11.5 Å². The zero-order valence-corrected chi connectivity index (χ0v) is 28.6. The number of rotatable bonds is 25. The van der Waals surface area contributed by atoms with Gasteiger partial charge in [-0.1, -0.05) is 102 Å². The molecule has 0 amide bonds. The molecule has 0 aromatic carbocycles. The molecule has 15 heteroatoms. The maximum absolute atomic E-state index is 11.8. The molecule has 0 saturated heterocycles. The number of hydrogen-bond donors (Lipinski definition) is 4. The van der Waals surface area contributed by atoms with E-state index < -0.39 is 39.3 Å². The second-order valence-corrected chi connectivity index (χ2v) is 13.7. The first-order valence-corrected chi connectivity index (χ1v) is 19.0. The smallest absolute Gasteiger partial charge is 0.327 e. The van der Waals surface area contributed by atoms with Crippen LogP contribution in [0.15, 0.2) is 25.3 Å². The Hall–Kier alpha value is -1.13. The predicted octanol–water partition coefficient (Wildman–Crippen LogP) is 8.64. The van der Waals surface area contributed by atoms with Crippen LogP contribution in [0, 0.1) is 0 Å². The molecule has 8 nitrogen and oxygen atoms in total. The van der Waals surface area contributed by atoms with Gasteiger partial charge in [-0.15, -0.1) is 13.2 Å². The molecular formula is C30H61F5N2O6S2. The van der Waals surface area contributed by atoms with Gasteiger partial charge in [-0.3, -0.25) is 9.11 Å². The van der Waals surface area contributed by atoms with E-state index >= 15 is 0 Å². The number of unbranched alkanes of at least 4 members (excludes halogenated alkanes) is 16. The molecule has 0 saturated carbocycles. The Morgan fingerprint density at radius 1 is 0.556 bits per heavy atom. The molecule has 0 radical (unpaired) electrons. The Morgan fingerprint density at radius 2 is 0.800 bits per heavy atom. The fraction of sp³-hybridized carbons (Fsp3) is 0.867. The lowest BCUT2D eigenvalue weighted by molar-refractivity contribution is -0.135. The maximum atomic E-state index is 11.8. The highest BCUT2D eigenvalue weighted by Gasteiger charge is 2.25. The Labute approximate surface area is 270 Å². The first-order valence-electron chi connectivity index (χ1n) is 15.8. The summed E-state index contributed by atoms with van der Waals surface area (Å²) in [5.41, 5.74) is 9.82. The molecule has 0 unspecified atom stereocenters. The molecule has 0 aromatic rings. The summed E-state index contributed by atoms with van der Waals surface area (Å²) in [5.74, 6) is -0.342. The molecule has 0 aliphatic carbocycles. The zero-order valence-electron chi connectivity index (χ0n) is 27.0. The largest absolute Gasteiger partial charge is 0.389 e. The highest BCUT2D eigenvalue weighted by molar-refractivity contribution is 7.86. The van der Waals surface area contributed by atoms with E-state index in [1.54, 1.807) is 12.2 Å². The Balaban J connectivity index is -0.000000301. The molecule has 0 rings (SSSR count). The second kappa shape index (κ2) is 35.7. The minimum Gasteiger partial charge on any atom is -0.327 e. The Morgan fingerprint density at radius 3 is 1.02 bits per heavy atom. The molecule has 0 aromatic heterocycles. The summed E-state index contributed by atoms with van der Waals surface area (Å²) in [6, 6.07) is 0. The number of alkyl halides is 5. The van der Waals surface area contributed by atoms with Crippen LogP contribution in [0.4, 0.5) is 22.0 Å². The number of halogens is 5. The van der Waals surface area contributed by atoms with E-state index in [4.69, 9.17) is 20.6 Å². The van der Waals surface area contributed by atoms with Crippen LogP contribution in [0.5, 0.6) is 0 Å². The van der Waals surface area contributed by atoms with Crippen LogP contribution in [0.2, 0.25) is 0 Å².